The quantitative estimate of drug-likeness (QED) is 0.802. The summed E-state index contributed by atoms with van der Waals surface area (Å²) in [6.45, 7) is 8.05. The first-order valence-corrected chi connectivity index (χ1v) is 10.2. The van der Waals surface area contributed by atoms with Gasteiger partial charge >= 0.3 is 0 Å². The van der Waals surface area contributed by atoms with Crippen molar-refractivity contribution >= 4 is 17.3 Å². The van der Waals surface area contributed by atoms with Crippen molar-refractivity contribution in [1.29, 1.82) is 0 Å². The van der Waals surface area contributed by atoms with Crippen LogP contribution in [0.2, 0.25) is 5.02 Å². The van der Waals surface area contributed by atoms with Gasteiger partial charge in [-0.3, -0.25) is 9.80 Å². The standard InChI is InChI=1S/C22H28ClN3/c23-20-7-4-8-22(17-20)26-15-13-25(14-16-26)21-9-11-24(12-10-21)18-19-5-2-1-3-6-19/h1-8,17,21H,9-16,18H2. The fourth-order valence-corrected chi connectivity index (χ4v) is 4.49. The average Bonchev–Trinajstić information content (AvgIpc) is 2.70. The van der Waals surface area contributed by atoms with E-state index in [1.165, 1.54) is 37.2 Å². The highest BCUT2D eigenvalue weighted by molar-refractivity contribution is 6.30. The van der Waals surface area contributed by atoms with Gasteiger partial charge in [-0.2, -0.15) is 0 Å². The number of piperazine rings is 1. The molecule has 2 fully saturated rings. The van der Waals surface area contributed by atoms with Crippen molar-refractivity contribution in [2.75, 3.05) is 44.2 Å². The lowest BCUT2D eigenvalue weighted by Gasteiger charge is -2.43. The van der Waals surface area contributed by atoms with Gasteiger partial charge in [0.1, 0.15) is 0 Å². The molecule has 0 atom stereocenters. The fourth-order valence-electron chi connectivity index (χ4n) is 4.30. The Labute approximate surface area is 162 Å². The zero-order valence-electron chi connectivity index (χ0n) is 15.4. The normalized spacial score (nSPS) is 20.4. The predicted molar refractivity (Wildman–Crippen MR) is 110 cm³/mol. The molecule has 138 valence electrons. The van der Waals surface area contributed by atoms with E-state index in [1.54, 1.807) is 0 Å². The van der Waals surface area contributed by atoms with Crippen LogP contribution in [0.5, 0.6) is 0 Å². The molecule has 3 nitrogen and oxygen atoms in total. The van der Waals surface area contributed by atoms with Crippen molar-refractivity contribution < 1.29 is 0 Å². The number of hydrogen-bond donors (Lipinski definition) is 0. The second kappa shape index (κ2) is 8.43. The number of anilines is 1. The molecule has 0 bridgehead atoms. The van der Waals surface area contributed by atoms with Crippen molar-refractivity contribution in [3.8, 4) is 0 Å². The molecule has 4 rings (SSSR count). The maximum atomic E-state index is 6.14. The summed E-state index contributed by atoms with van der Waals surface area (Å²) in [7, 11) is 0. The number of benzene rings is 2. The summed E-state index contributed by atoms with van der Waals surface area (Å²) >= 11 is 6.14. The first kappa shape index (κ1) is 17.8. The molecule has 0 amide bonds. The average molecular weight is 370 g/mol. The van der Waals surface area contributed by atoms with Crippen molar-refractivity contribution in [2.45, 2.75) is 25.4 Å². The lowest BCUT2D eigenvalue weighted by atomic mass is 10.0. The molecular weight excluding hydrogens is 342 g/mol. The van der Waals surface area contributed by atoms with Gasteiger partial charge in [-0.1, -0.05) is 48.0 Å². The Hall–Kier alpha value is -1.55. The summed E-state index contributed by atoms with van der Waals surface area (Å²) in [5, 5.41) is 0.829. The first-order chi connectivity index (χ1) is 12.8. The molecule has 0 unspecified atom stereocenters. The van der Waals surface area contributed by atoms with Gasteiger partial charge in [0.05, 0.1) is 0 Å². The summed E-state index contributed by atoms with van der Waals surface area (Å²) in [4.78, 5) is 7.78. The van der Waals surface area contributed by atoms with Crippen LogP contribution < -0.4 is 4.90 Å². The lowest BCUT2D eigenvalue weighted by molar-refractivity contribution is 0.0998. The second-order valence-electron chi connectivity index (χ2n) is 7.50. The van der Waals surface area contributed by atoms with E-state index < -0.39 is 0 Å². The number of halogens is 1. The number of rotatable bonds is 4. The molecule has 2 aromatic rings. The van der Waals surface area contributed by atoms with E-state index in [4.69, 9.17) is 11.6 Å². The van der Waals surface area contributed by atoms with Gasteiger partial charge < -0.3 is 4.90 Å². The van der Waals surface area contributed by atoms with Crippen LogP contribution in [-0.2, 0) is 6.54 Å². The monoisotopic (exact) mass is 369 g/mol. The Kier molecular flexibility index (Phi) is 5.78. The van der Waals surface area contributed by atoms with E-state index in [1.807, 2.05) is 12.1 Å². The van der Waals surface area contributed by atoms with Crippen LogP contribution in [0.25, 0.3) is 0 Å². The predicted octanol–water partition coefficient (Wildman–Crippen LogP) is 4.13. The van der Waals surface area contributed by atoms with E-state index in [0.717, 1.165) is 43.8 Å². The molecule has 0 spiro atoms. The summed E-state index contributed by atoms with van der Waals surface area (Å²) in [5.41, 5.74) is 2.69. The summed E-state index contributed by atoms with van der Waals surface area (Å²) in [6, 6.07) is 19.9. The Balaban J connectivity index is 1.24. The van der Waals surface area contributed by atoms with E-state index in [0.29, 0.717) is 0 Å². The highest BCUT2D eigenvalue weighted by Gasteiger charge is 2.27. The second-order valence-corrected chi connectivity index (χ2v) is 7.93. The largest absolute Gasteiger partial charge is 0.369 e. The molecule has 4 heteroatoms. The van der Waals surface area contributed by atoms with Gasteiger partial charge in [0.15, 0.2) is 0 Å². The Bertz CT molecular complexity index is 690. The molecule has 0 radical (unpaired) electrons. The molecular formula is C22H28ClN3. The summed E-state index contributed by atoms with van der Waals surface area (Å²) in [6.07, 6.45) is 2.59. The van der Waals surface area contributed by atoms with Gasteiger partial charge in [-0.25, -0.2) is 0 Å². The Morgan fingerprint density at radius 3 is 2.23 bits per heavy atom. The summed E-state index contributed by atoms with van der Waals surface area (Å²) < 4.78 is 0. The molecule has 0 aromatic heterocycles. The molecule has 0 aliphatic carbocycles. The third-order valence-corrected chi connectivity index (χ3v) is 6.05. The van der Waals surface area contributed by atoms with Crippen LogP contribution in [0.15, 0.2) is 54.6 Å². The van der Waals surface area contributed by atoms with Gasteiger partial charge in [-0.15, -0.1) is 0 Å². The van der Waals surface area contributed by atoms with E-state index in [2.05, 4.69) is 57.2 Å². The van der Waals surface area contributed by atoms with Crippen molar-refractivity contribution in [1.82, 2.24) is 9.80 Å². The van der Waals surface area contributed by atoms with E-state index in [9.17, 15) is 0 Å². The van der Waals surface area contributed by atoms with Gasteiger partial charge in [0, 0.05) is 49.5 Å². The first-order valence-electron chi connectivity index (χ1n) is 9.79. The van der Waals surface area contributed by atoms with Crippen LogP contribution in [0.3, 0.4) is 0 Å². The zero-order valence-corrected chi connectivity index (χ0v) is 16.1. The van der Waals surface area contributed by atoms with Crippen molar-refractivity contribution in [3.63, 3.8) is 0 Å². The van der Waals surface area contributed by atoms with E-state index >= 15 is 0 Å². The molecule has 2 saturated heterocycles. The molecule has 2 aliphatic heterocycles. The fraction of sp³-hybridized carbons (Fsp3) is 0.455. The Morgan fingerprint density at radius 2 is 1.54 bits per heavy atom. The third kappa shape index (κ3) is 4.40. The number of hydrogen-bond acceptors (Lipinski definition) is 3. The molecule has 2 heterocycles. The molecule has 26 heavy (non-hydrogen) atoms. The zero-order chi connectivity index (χ0) is 17.8. The van der Waals surface area contributed by atoms with Crippen LogP contribution in [0.4, 0.5) is 5.69 Å². The van der Waals surface area contributed by atoms with Gasteiger partial charge in [0.2, 0.25) is 0 Å². The number of likely N-dealkylation sites (tertiary alicyclic amines) is 1. The van der Waals surface area contributed by atoms with Crippen LogP contribution in [0, 0.1) is 0 Å². The number of nitrogens with zero attached hydrogens (tertiary/aromatic N) is 3. The van der Waals surface area contributed by atoms with Crippen LogP contribution in [0.1, 0.15) is 18.4 Å². The maximum absolute atomic E-state index is 6.14. The molecule has 2 aromatic carbocycles. The molecule has 0 N–H and O–H groups in total. The molecule has 2 aliphatic rings. The Morgan fingerprint density at radius 1 is 0.808 bits per heavy atom. The van der Waals surface area contributed by atoms with Crippen LogP contribution in [-0.4, -0.2) is 55.1 Å². The van der Waals surface area contributed by atoms with Gasteiger partial charge in [-0.05, 0) is 49.7 Å². The highest BCUT2D eigenvalue weighted by atomic mass is 35.5. The number of piperidine rings is 1. The minimum Gasteiger partial charge on any atom is -0.369 e. The minimum absolute atomic E-state index is 0.753. The van der Waals surface area contributed by atoms with E-state index in [-0.39, 0.29) is 0 Å². The lowest BCUT2D eigenvalue weighted by Crippen LogP contribution is -2.53. The SMILES string of the molecule is Clc1cccc(N2CCN(C3CCN(Cc4ccccc4)CC3)CC2)c1. The minimum atomic E-state index is 0.753. The topological polar surface area (TPSA) is 9.72 Å². The summed E-state index contributed by atoms with van der Waals surface area (Å²) in [5.74, 6) is 0. The third-order valence-electron chi connectivity index (χ3n) is 5.81. The molecule has 0 saturated carbocycles. The van der Waals surface area contributed by atoms with Crippen molar-refractivity contribution in [3.05, 3.63) is 65.2 Å². The highest BCUT2D eigenvalue weighted by Crippen LogP contribution is 2.24. The maximum Gasteiger partial charge on any atom is 0.0426 e. The van der Waals surface area contributed by atoms with Crippen LogP contribution >= 0.6 is 11.6 Å². The smallest absolute Gasteiger partial charge is 0.0426 e. The van der Waals surface area contributed by atoms with Crippen molar-refractivity contribution in [2.24, 2.45) is 0 Å². The van der Waals surface area contributed by atoms with Gasteiger partial charge in [0.25, 0.3) is 0 Å².